The molecule has 2 aliphatic heterocycles. The first-order valence-corrected chi connectivity index (χ1v) is 7.28. The largest absolute Gasteiger partial charge is 0.501 e. The summed E-state index contributed by atoms with van der Waals surface area (Å²) in [6, 6.07) is 0.0483. The highest BCUT2D eigenvalue weighted by Crippen LogP contribution is 2.47. The van der Waals surface area contributed by atoms with E-state index < -0.39 is 6.10 Å². The smallest absolute Gasteiger partial charge is 0.0959 e. The molecule has 0 unspecified atom stereocenters. The van der Waals surface area contributed by atoms with Crippen LogP contribution in [-0.4, -0.2) is 27.4 Å². The number of aliphatic hydroxyl groups is 1. The third kappa shape index (κ3) is 1.68. The molecule has 0 spiro atoms. The van der Waals surface area contributed by atoms with Gasteiger partial charge in [0.25, 0.3) is 0 Å². The van der Waals surface area contributed by atoms with Crippen LogP contribution in [0.15, 0.2) is 42.1 Å². The lowest BCUT2D eigenvalue weighted by atomic mass is 9.88. The van der Waals surface area contributed by atoms with Crippen molar-refractivity contribution in [3.63, 3.8) is 0 Å². The Labute approximate surface area is 118 Å². The van der Waals surface area contributed by atoms with Crippen molar-refractivity contribution in [2.45, 2.75) is 37.8 Å². The normalized spacial score (nSPS) is 28.6. The van der Waals surface area contributed by atoms with Gasteiger partial charge >= 0.3 is 0 Å². The quantitative estimate of drug-likeness (QED) is 0.853. The average Bonchev–Trinajstić information content (AvgIpc) is 2.97. The van der Waals surface area contributed by atoms with Crippen LogP contribution < -0.4 is 0 Å². The predicted octanol–water partition coefficient (Wildman–Crippen LogP) is 2.60. The summed E-state index contributed by atoms with van der Waals surface area (Å²) >= 11 is 0. The highest BCUT2D eigenvalue weighted by Gasteiger charge is 2.37. The minimum Gasteiger partial charge on any atom is -0.501 e. The Morgan fingerprint density at radius 2 is 2.20 bits per heavy atom. The average molecular weight is 270 g/mol. The molecule has 0 amide bonds. The molecule has 3 heterocycles. The summed E-state index contributed by atoms with van der Waals surface area (Å²) in [5.41, 5.74) is 4.68. The zero-order chi connectivity index (χ0) is 13.5. The Morgan fingerprint density at radius 1 is 1.30 bits per heavy atom. The molecule has 2 atom stereocenters. The minimum atomic E-state index is -0.431. The van der Waals surface area contributed by atoms with E-state index in [9.17, 15) is 5.11 Å². The highest BCUT2D eigenvalue weighted by atomic mass is 16.5. The molecular weight excluding hydrogens is 252 g/mol. The fourth-order valence-electron chi connectivity index (χ4n) is 3.42. The van der Waals surface area contributed by atoms with Gasteiger partial charge in [-0.1, -0.05) is 12.2 Å². The van der Waals surface area contributed by atoms with Gasteiger partial charge in [0.15, 0.2) is 0 Å². The second-order valence-electron chi connectivity index (χ2n) is 5.59. The van der Waals surface area contributed by atoms with E-state index >= 15 is 0 Å². The zero-order valence-electron chi connectivity index (χ0n) is 11.3. The van der Waals surface area contributed by atoms with Crippen molar-refractivity contribution < 1.29 is 9.84 Å². The third-order valence-corrected chi connectivity index (χ3v) is 4.36. The van der Waals surface area contributed by atoms with Gasteiger partial charge < -0.3 is 14.4 Å². The number of nitrogens with zero attached hydrogens (tertiary/aromatic N) is 2. The first kappa shape index (κ1) is 12.0. The van der Waals surface area contributed by atoms with Gasteiger partial charge in [0.2, 0.25) is 0 Å². The van der Waals surface area contributed by atoms with Crippen molar-refractivity contribution in [3.05, 3.63) is 47.8 Å². The van der Waals surface area contributed by atoms with Gasteiger partial charge in [-0.15, -0.1) is 0 Å². The van der Waals surface area contributed by atoms with Crippen LogP contribution in [0, 0.1) is 0 Å². The first-order valence-electron chi connectivity index (χ1n) is 7.28. The first-order chi connectivity index (χ1) is 9.86. The van der Waals surface area contributed by atoms with E-state index in [0.717, 1.165) is 37.0 Å². The van der Waals surface area contributed by atoms with E-state index in [1.54, 1.807) is 6.26 Å². The van der Waals surface area contributed by atoms with Gasteiger partial charge in [-0.2, -0.15) is 0 Å². The Kier molecular flexibility index (Phi) is 2.77. The molecule has 3 aliphatic rings. The van der Waals surface area contributed by atoms with E-state index in [1.165, 1.54) is 11.1 Å². The van der Waals surface area contributed by atoms with Gasteiger partial charge in [0, 0.05) is 11.1 Å². The lowest BCUT2D eigenvalue weighted by Crippen LogP contribution is -2.19. The molecule has 1 aliphatic carbocycles. The molecule has 1 aromatic rings. The maximum absolute atomic E-state index is 10.4. The fourth-order valence-corrected chi connectivity index (χ4v) is 3.42. The summed E-state index contributed by atoms with van der Waals surface area (Å²) in [5.74, 6) is 0. The number of hydrogen-bond donors (Lipinski definition) is 1. The third-order valence-electron chi connectivity index (χ3n) is 4.36. The Bertz CT molecular complexity index is 624. The summed E-state index contributed by atoms with van der Waals surface area (Å²) in [6.07, 6.45) is 13.5. The number of aromatic nitrogens is 2. The summed E-state index contributed by atoms with van der Waals surface area (Å²) in [4.78, 5) is 4.27. The molecule has 1 N–H and O–H groups in total. The Hall–Kier alpha value is -1.81. The van der Waals surface area contributed by atoms with E-state index in [-0.39, 0.29) is 6.04 Å². The van der Waals surface area contributed by atoms with Crippen molar-refractivity contribution in [1.82, 2.24) is 9.55 Å². The molecule has 0 saturated carbocycles. The molecule has 4 heteroatoms. The molecule has 20 heavy (non-hydrogen) atoms. The summed E-state index contributed by atoms with van der Waals surface area (Å²) in [7, 11) is 0. The molecule has 4 rings (SSSR count). The predicted molar refractivity (Wildman–Crippen MR) is 75.8 cm³/mol. The molecule has 0 bridgehead atoms. The number of hydrogen-bond acceptors (Lipinski definition) is 3. The van der Waals surface area contributed by atoms with E-state index in [4.69, 9.17) is 4.74 Å². The Morgan fingerprint density at radius 3 is 3.15 bits per heavy atom. The van der Waals surface area contributed by atoms with Crippen LogP contribution in [0.25, 0.3) is 5.57 Å². The van der Waals surface area contributed by atoms with Gasteiger partial charge in [0.1, 0.15) is 0 Å². The van der Waals surface area contributed by atoms with Gasteiger partial charge in [-0.05, 0) is 31.3 Å². The van der Waals surface area contributed by atoms with Crippen molar-refractivity contribution in [2.75, 3.05) is 6.61 Å². The monoisotopic (exact) mass is 270 g/mol. The van der Waals surface area contributed by atoms with Crippen LogP contribution in [0.1, 0.15) is 37.4 Å². The lowest BCUT2D eigenvalue weighted by molar-refractivity contribution is 0.189. The van der Waals surface area contributed by atoms with Crippen molar-refractivity contribution in [2.24, 2.45) is 0 Å². The number of aliphatic hydroxyl groups excluding tert-OH is 1. The molecule has 0 aromatic carbocycles. The van der Waals surface area contributed by atoms with Crippen LogP contribution in [-0.2, 0) is 4.74 Å². The topological polar surface area (TPSA) is 47.3 Å². The molecule has 104 valence electrons. The van der Waals surface area contributed by atoms with Gasteiger partial charge in [-0.25, -0.2) is 4.98 Å². The number of allylic oxidation sites excluding steroid dienone is 4. The van der Waals surface area contributed by atoms with Crippen LogP contribution in [0.3, 0.4) is 0 Å². The standard InChI is InChI=1S/C16H18N2O2/c19-15-6-3-7-20-9-13(15)16-12-5-2-1-4-11(12)14-8-17-10-18(14)16/h4-5,8-10,15-16,19H,1-3,6-7H2/t15-,16+/m1/s1. The number of rotatable bonds is 1. The zero-order valence-corrected chi connectivity index (χ0v) is 11.3. The Balaban J connectivity index is 1.83. The maximum Gasteiger partial charge on any atom is 0.0959 e. The van der Waals surface area contributed by atoms with Crippen molar-refractivity contribution in [1.29, 1.82) is 0 Å². The molecule has 1 aromatic heterocycles. The second kappa shape index (κ2) is 4.63. The van der Waals surface area contributed by atoms with E-state index in [2.05, 4.69) is 21.7 Å². The summed E-state index contributed by atoms with van der Waals surface area (Å²) in [6.45, 7) is 0.686. The van der Waals surface area contributed by atoms with Crippen LogP contribution in [0.5, 0.6) is 0 Å². The summed E-state index contributed by atoms with van der Waals surface area (Å²) in [5, 5.41) is 10.4. The fraction of sp³-hybridized carbons (Fsp3) is 0.438. The van der Waals surface area contributed by atoms with Crippen molar-refractivity contribution >= 4 is 5.57 Å². The second-order valence-corrected chi connectivity index (χ2v) is 5.59. The lowest BCUT2D eigenvalue weighted by Gasteiger charge is -2.22. The minimum absolute atomic E-state index is 0.0483. The summed E-state index contributed by atoms with van der Waals surface area (Å²) < 4.78 is 7.72. The molecular formula is C16H18N2O2. The van der Waals surface area contributed by atoms with Crippen molar-refractivity contribution in [3.8, 4) is 0 Å². The van der Waals surface area contributed by atoms with Gasteiger partial charge in [-0.3, -0.25) is 0 Å². The van der Waals surface area contributed by atoms with E-state index in [0.29, 0.717) is 6.61 Å². The van der Waals surface area contributed by atoms with Crippen LogP contribution in [0.4, 0.5) is 0 Å². The molecule has 0 radical (unpaired) electrons. The molecule has 0 fully saturated rings. The van der Waals surface area contributed by atoms with E-state index in [1.807, 2.05) is 12.5 Å². The van der Waals surface area contributed by atoms with Crippen LogP contribution in [0.2, 0.25) is 0 Å². The maximum atomic E-state index is 10.4. The van der Waals surface area contributed by atoms with Gasteiger partial charge in [0.05, 0.1) is 43.2 Å². The van der Waals surface area contributed by atoms with Crippen LogP contribution >= 0.6 is 0 Å². The number of fused-ring (bicyclic) bond motifs is 3. The molecule has 0 saturated heterocycles. The number of ether oxygens (including phenoxy) is 1. The number of imidazole rings is 1. The molecule has 4 nitrogen and oxygen atoms in total. The SMILES string of the molecule is O[C@@H]1CCCOC=C1[C@@H]1C2=CCCC=C2c2cncn21. The highest BCUT2D eigenvalue weighted by molar-refractivity contribution is 5.83.